The Morgan fingerprint density at radius 2 is 1.96 bits per heavy atom. The standard InChI is InChI=1S/C19H28ClN3O3S/c1-12(2)18(22-27(25,26)16-6-4-5-14(20)9-16)19(24)21-17-11-23(10-13(17)3)15-7-8-15/h4-6,9,12-13,15,17-18,22H,7-8,10-11H2,1-3H3,(H,21,24)/t13?,17?,18-/m0/s1. The molecule has 3 atom stereocenters. The number of sulfonamides is 1. The first-order chi connectivity index (χ1) is 12.7. The fourth-order valence-electron chi connectivity index (χ4n) is 3.56. The van der Waals surface area contributed by atoms with Crippen LogP contribution in [0.5, 0.6) is 0 Å². The van der Waals surface area contributed by atoms with E-state index in [1.165, 1.54) is 25.0 Å². The largest absolute Gasteiger partial charge is 0.350 e. The van der Waals surface area contributed by atoms with Crippen LogP contribution in [0.4, 0.5) is 0 Å². The molecule has 2 aliphatic rings. The third-order valence-electron chi connectivity index (χ3n) is 5.37. The molecule has 1 aromatic rings. The molecule has 2 fully saturated rings. The smallest absolute Gasteiger partial charge is 0.241 e. The first kappa shape index (κ1) is 20.6. The Morgan fingerprint density at radius 1 is 1.26 bits per heavy atom. The van der Waals surface area contributed by atoms with Gasteiger partial charge in [-0.2, -0.15) is 4.72 Å². The summed E-state index contributed by atoms with van der Waals surface area (Å²) in [6.45, 7) is 7.62. The summed E-state index contributed by atoms with van der Waals surface area (Å²) in [4.78, 5) is 15.4. The van der Waals surface area contributed by atoms with Gasteiger partial charge in [-0.3, -0.25) is 9.69 Å². The molecule has 2 N–H and O–H groups in total. The van der Waals surface area contributed by atoms with Crippen LogP contribution in [0.1, 0.15) is 33.6 Å². The van der Waals surface area contributed by atoms with Gasteiger partial charge in [0.15, 0.2) is 0 Å². The number of hydrogen-bond acceptors (Lipinski definition) is 4. The van der Waals surface area contributed by atoms with Crippen LogP contribution in [-0.4, -0.2) is 50.4 Å². The Morgan fingerprint density at radius 3 is 2.56 bits per heavy atom. The molecule has 0 bridgehead atoms. The number of hydrogen-bond donors (Lipinski definition) is 2. The summed E-state index contributed by atoms with van der Waals surface area (Å²) in [5.41, 5.74) is 0. The molecule has 1 heterocycles. The Kier molecular flexibility index (Phi) is 6.15. The summed E-state index contributed by atoms with van der Waals surface area (Å²) >= 11 is 5.91. The minimum absolute atomic E-state index is 0.0509. The normalized spacial score (nSPS) is 24.9. The molecule has 2 unspecified atom stereocenters. The first-order valence-corrected chi connectivity index (χ1v) is 11.4. The maximum Gasteiger partial charge on any atom is 0.241 e. The highest BCUT2D eigenvalue weighted by molar-refractivity contribution is 7.89. The number of carbonyl (C=O) groups excluding carboxylic acids is 1. The first-order valence-electron chi connectivity index (χ1n) is 9.49. The van der Waals surface area contributed by atoms with Crippen molar-refractivity contribution in [2.45, 2.75) is 56.6 Å². The number of amides is 1. The highest BCUT2D eigenvalue weighted by Crippen LogP contribution is 2.31. The number of rotatable bonds is 7. The van der Waals surface area contributed by atoms with Crippen LogP contribution in [0.3, 0.4) is 0 Å². The topological polar surface area (TPSA) is 78.5 Å². The van der Waals surface area contributed by atoms with Gasteiger partial charge < -0.3 is 5.32 Å². The van der Waals surface area contributed by atoms with E-state index in [9.17, 15) is 13.2 Å². The molecule has 150 valence electrons. The van der Waals surface area contributed by atoms with Gasteiger partial charge in [-0.05, 0) is 42.9 Å². The minimum atomic E-state index is -3.84. The van der Waals surface area contributed by atoms with Crippen molar-refractivity contribution >= 4 is 27.5 Å². The van der Waals surface area contributed by atoms with Crippen LogP contribution in [0, 0.1) is 11.8 Å². The molecule has 8 heteroatoms. The molecule has 1 saturated heterocycles. The lowest BCUT2D eigenvalue weighted by atomic mass is 10.0. The van der Waals surface area contributed by atoms with Crippen LogP contribution in [0.25, 0.3) is 0 Å². The second-order valence-corrected chi connectivity index (χ2v) is 10.2. The van der Waals surface area contributed by atoms with Gasteiger partial charge in [0, 0.05) is 30.2 Å². The van der Waals surface area contributed by atoms with Crippen LogP contribution in [0.2, 0.25) is 5.02 Å². The van der Waals surface area contributed by atoms with E-state index in [2.05, 4.69) is 21.9 Å². The lowest BCUT2D eigenvalue weighted by Gasteiger charge is -2.25. The van der Waals surface area contributed by atoms with E-state index in [0.717, 1.165) is 13.1 Å². The highest BCUT2D eigenvalue weighted by atomic mass is 35.5. The number of nitrogens with zero attached hydrogens (tertiary/aromatic N) is 1. The fourth-order valence-corrected chi connectivity index (χ4v) is 5.21. The van der Waals surface area contributed by atoms with Gasteiger partial charge in [0.2, 0.25) is 15.9 Å². The molecule has 0 spiro atoms. The molecule has 3 rings (SSSR count). The van der Waals surface area contributed by atoms with Gasteiger partial charge in [0.05, 0.1) is 4.90 Å². The average molecular weight is 414 g/mol. The summed E-state index contributed by atoms with van der Waals surface area (Å²) in [6, 6.07) is 5.92. The SMILES string of the molecule is CC1CN(C2CC2)CC1NC(=O)[C@@H](NS(=O)(=O)c1cccc(Cl)c1)C(C)C. The average Bonchev–Trinajstić information content (AvgIpc) is 3.37. The van der Waals surface area contributed by atoms with Gasteiger partial charge in [-0.1, -0.05) is 38.4 Å². The van der Waals surface area contributed by atoms with Crippen LogP contribution < -0.4 is 10.0 Å². The fraction of sp³-hybridized carbons (Fsp3) is 0.632. The summed E-state index contributed by atoms with van der Waals surface area (Å²) in [7, 11) is -3.84. The molecule has 6 nitrogen and oxygen atoms in total. The summed E-state index contributed by atoms with van der Waals surface area (Å²) in [5, 5.41) is 3.41. The summed E-state index contributed by atoms with van der Waals surface area (Å²) in [6.07, 6.45) is 2.48. The number of benzene rings is 1. The second-order valence-electron chi connectivity index (χ2n) is 8.08. The van der Waals surface area contributed by atoms with Gasteiger partial charge in [-0.15, -0.1) is 0 Å². The number of nitrogens with one attached hydrogen (secondary N) is 2. The Balaban J connectivity index is 1.68. The molecule has 1 aromatic carbocycles. The van der Waals surface area contributed by atoms with Crippen LogP contribution in [0.15, 0.2) is 29.2 Å². The molecule has 1 aliphatic heterocycles. The highest BCUT2D eigenvalue weighted by Gasteiger charge is 2.39. The van der Waals surface area contributed by atoms with Gasteiger partial charge in [0.25, 0.3) is 0 Å². The van der Waals surface area contributed by atoms with E-state index in [1.807, 2.05) is 13.8 Å². The predicted octanol–water partition coefficient (Wildman–Crippen LogP) is 2.24. The van der Waals surface area contributed by atoms with E-state index in [1.54, 1.807) is 12.1 Å². The van der Waals surface area contributed by atoms with Gasteiger partial charge in [0.1, 0.15) is 6.04 Å². The van der Waals surface area contributed by atoms with E-state index in [-0.39, 0.29) is 22.8 Å². The van der Waals surface area contributed by atoms with Crippen molar-refractivity contribution in [3.8, 4) is 0 Å². The lowest BCUT2D eigenvalue weighted by Crippen LogP contribution is -2.53. The van der Waals surface area contributed by atoms with Crippen molar-refractivity contribution in [1.29, 1.82) is 0 Å². The van der Waals surface area contributed by atoms with E-state index in [4.69, 9.17) is 11.6 Å². The van der Waals surface area contributed by atoms with E-state index >= 15 is 0 Å². The van der Waals surface area contributed by atoms with Crippen molar-refractivity contribution in [3.63, 3.8) is 0 Å². The van der Waals surface area contributed by atoms with Gasteiger partial charge in [-0.25, -0.2) is 8.42 Å². The number of halogens is 1. The van der Waals surface area contributed by atoms with Crippen molar-refractivity contribution in [1.82, 2.24) is 14.9 Å². The molecule has 1 amide bonds. The Hall–Kier alpha value is -1.15. The summed E-state index contributed by atoms with van der Waals surface area (Å²) < 4.78 is 28.0. The van der Waals surface area contributed by atoms with Crippen LogP contribution in [-0.2, 0) is 14.8 Å². The van der Waals surface area contributed by atoms with Crippen molar-refractivity contribution in [2.24, 2.45) is 11.8 Å². The monoisotopic (exact) mass is 413 g/mol. The predicted molar refractivity (Wildman–Crippen MR) is 106 cm³/mol. The molecule has 0 radical (unpaired) electrons. The second kappa shape index (κ2) is 8.07. The molecule has 1 aliphatic carbocycles. The maximum absolute atomic E-state index is 12.9. The van der Waals surface area contributed by atoms with E-state index < -0.39 is 16.1 Å². The minimum Gasteiger partial charge on any atom is -0.350 e. The third kappa shape index (κ3) is 5.02. The molecular weight excluding hydrogens is 386 g/mol. The summed E-state index contributed by atoms with van der Waals surface area (Å²) in [5.74, 6) is -0.104. The Labute approximate surface area is 166 Å². The van der Waals surface area contributed by atoms with Crippen LogP contribution >= 0.6 is 11.6 Å². The van der Waals surface area contributed by atoms with Crippen molar-refractivity contribution in [3.05, 3.63) is 29.3 Å². The zero-order valence-electron chi connectivity index (χ0n) is 16.0. The van der Waals surface area contributed by atoms with Crippen molar-refractivity contribution < 1.29 is 13.2 Å². The zero-order valence-corrected chi connectivity index (χ0v) is 17.6. The number of likely N-dealkylation sites (tertiary alicyclic amines) is 1. The van der Waals surface area contributed by atoms with Crippen molar-refractivity contribution in [2.75, 3.05) is 13.1 Å². The zero-order chi connectivity index (χ0) is 19.8. The molecule has 27 heavy (non-hydrogen) atoms. The third-order valence-corrected chi connectivity index (χ3v) is 7.04. The van der Waals surface area contributed by atoms with Gasteiger partial charge >= 0.3 is 0 Å². The molecule has 0 aromatic heterocycles. The maximum atomic E-state index is 12.9. The molecular formula is C19H28ClN3O3S. The van der Waals surface area contributed by atoms with E-state index in [0.29, 0.717) is 17.0 Å². The quantitative estimate of drug-likeness (QED) is 0.718. The lowest BCUT2D eigenvalue weighted by molar-refractivity contribution is -0.124. The number of carbonyl (C=O) groups is 1. The Bertz CT molecular complexity index is 795. The molecule has 1 saturated carbocycles.